The van der Waals surface area contributed by atoms with E-state index in [2.05, 4.69) is 5.32 Å². The van der Waals surface area contributed by atoms with Crippen LogP contribution in [0.15, 0.2) is 132 Å². The number of phenolic OH excluding ortho intramolecular Hbond substituents is 1. The number of phenols is 1. The van der Waals surface area contributed by atoms with Crippen molar-refractivity contribution in [1.29, 1.82) is 0 Å². The highest BCUT2D eigenvalue weighted by Gasteiger charge is 2.55. The molecule has 2 unspecified atom stereocenters. The number of nitrogens with one attached hydrogen (secondary N) is 1. The lowest BCUT2D eigenvalue weighted by Gasteiger charge is -2.49. The molecule has 290 valence electrons. The van der Waals surface area contributed by atoms with Gasteiger partial charge in [-0.25, -0.2) is 14.2 Å². The van der Waals surface area contributed by atoms with Crippen LogP contribution in [0.25, 0.3) is 0 Å². The molecule has 11 nitrogen and oxygen atoms in total. The van der Waals surface area contributed by atoms with Crippen molar-refractivity contribution in [1.82, 2.24) is 15.1 Å². The van der Waals surface area contributed by atoms with Gasteiger partial charge in [0.1, 0.15) is 28.5 Å². The van der Waals surface area contributed by atoms with Crippen LogP contribution in [0.3, 0.4) is 0 Å². The standard InChI is InChI=1S/C43H42N4O7S.BrH/c1-43(2,3)54-42(52)44-35-39(50)47-36(41(51)53-37(30-12-6-4-7-13-30)31-14-8-5-9-15-31)33(27-55-40(35)47)24-32-19-22-46(38(32)49)26-28-17-20-45(21-18-28)25-29-11-10-16-34(48)23-29;/h4-18,20-21,23-24,35,37,40H,19,22,25-27H2,1-3H3,(H-,44,48,52);1H. The molecule has 56 heavy (non-hydrogen) atoms. The summed E-state index contributed by atoms with van der Waals surface area (Å²) in [5.41, 5.74) is 3.80. The van der Waals surface area contributed by atoms with Crippen molar-refractivity contribution < 1.29 is 55.3 Å². The van der Waals surface area contributed by atoms with Crippen molar-refractivity contribution in [3.8, 4) is 5.75 Å². The molecule has 0 spiro atoms. The Morgan fingerprint density at radius 1 is 0.946 bits per heavy atom. The molecule has 13 heteroatoms. The Morgan fingerprint density at radius 2 is 1.61 bits per heavy atom. The van der Waals surface area contributed by atoms with E-state index in [4.69, 9.17) is 9.47 Å². The van der Waals surface area contributed by atoms with E-state index >= 15 is 0 Å². The summed E-state index contributed by atoms with van der Waals surface area (Å²) in [5, 5.41) is 11.9. The second-order valence-corrected chi connectivity index (χ2v) is 15.8. The van der Waals surface area contributed by atoms with Gasteiger partial charge in [-0.15, -0.1) is 11.8 Å². The molecule has 3 aliphatic rings. The van der Waals surface area contributed by atoms with E-state index in [1.165, 1.54) is 16.7 Å². The van der Waals surface area contributed by atoms with E-state index < -0.39 is 41.1 Å². The minimum Gasteiger partial charge on any atom is -1.00 e. The number of amides is 3. The first kappa shape index (κ1) is 40.3. The summed E-state index contributed by atoms with van der Waals surface area (Å²) in [7, 11) is 0. The lowest BCUT2D eigenvalue weighted by Crippen LogP contribution is -3.00. The number of carbonyl (C=O) groups is 4. The first-order valence-corrected chi connectivity index (χ1v) is 19.2. The molecule has 0 saturated carbocycles. The molecule has 3 amide bonds. The Balaban J connectivity index is 0.00000532. The Labute approximate surface area is 340 Å². The first-order chi connectivity index (χ1) is 26.4. The number of allylic oxidation sites excluding steroid dienone is 1. The number of ether oxygens (including phenoxy) is 2. The average Bonchev–Trinajstić information content (AvgIpc) is 3.50. The molecule has 4 heterocycles. The van der Waals surface area contributed by atoms with Gasteiger partial charge in [0.2, 0.25) is 5.91 Å². The van der Waals surface area contributed by atoms with Crippen LogP contribution in [-0.4, -0.2) is 68.1 Å². The van der Waals surface area contributed by atoms with Crippen LogP contribution in [0, 0.1) is 0 Å². The molecule has 2 fully saturated rings. The van der Waals surface area contributed by atoms with Crippen molar-refractivity contribution in [3.05, 3.63) is 155 Å². The number of nitrogens with zero attached hydrogens (tertiary/aromatic N) is 3. The average molecular weight is 840 g/mol. The van der Waals surface area contributed by atoms with Crippen molar-refractivity contribution in [2.24, 2.45) is 0 Å². The number of carbonyl (C=O) groups excluding carboxylic acids is 4. The van der Waals surface area contributed by atoms with Crippen molar-refractivity contribution in [2.75, 3.05) is 12.3 Å². The van der Waals surface area contributed by atoms with Gasteiger partial charge >= 0.3 is 12.1 Å². The first-order valence-electron chi connectivity index (χ1n) is 18.2. The Morgan fingerprint density at radius 3 is 2.23 bits per heavy atom. The zero-order valence-electron chi connectivity index (χ0n) is 31.3. The quantitative estimate of drug-likeness (QED) is 0.108. The molecule has 2 saturated heterocycles. The number of halogens is 1. The third-order valence-corrected chi connectivity index (χ3v) is 10.8. The van der Waals surface area contributed by atoms with Gasteiger partial charge in [-0.3, -0.25) is 14.5 Å². The molecular weight excluding hydrogens is 796 g/mol. The van der Waals surface area contributed by atoms with E-state index in [9.17, 15) is 24.3 Å². The number of alkyl carbamates (subject to hydrolysis) is 1. The number of β-lactam (4-membered cyclic amide) rings is 1. The third kappa shape index (κ3) is 9.17. The molecule has 7 rings (SSSR count). The summed E-state index contributed by atoms with van der Waals surface area (Å²) in [6.45, 7) is 6.73. The van der Waals surface area contributed by atoms with Gasteiger partial charge in [-0.05, 0) is 67.7 Å². The van der Waals surface area contributed by atoms with Gasteiger partial charge < -0.3 is 41.8 Å². The highest BCUT2D eigenvalue weighted by atomic mass is 79.9. The maximum Gasteiger partial charge on any atom is 0.408 e. The van der Waals surface area contributed by atoms with Gasteiger partial charge in [0.05, 0.1) is 0 Å². The summed E-state index contributed by atoms with van der Waals surface area (Å²) >= 11 is 1.40. The van der Waals surface area contributed by atoms with Crippen LogP contribution in [0.2, 0.25) is 0 Å². The predicted molar refractivity (Wildman–Crippen MR) is 206 cm³/mol. The topological polar surface area (TPSA) is 129 Å². The van der Waals surface area contributed by atoms with Gasteiger partial charge in [-0.2, -0.15) is 0 Å². The van der Waals surface area contributed by atoms with E-state index in [-0.39, 0.29) is 34.3 Å². The minimum atomic E-state index is -0.899. The number of hydrogen-bond donors (Lipinski definition) is 2. The predicted octanol–water partition coefficient (Wildman–Crippen LogP) is 2.79. The van der Waals surface area contributed by atoms with Gasteiger partial charge in [-0.1, -0.05) is 72.8 Å². The van der Waals surface area contributed by atoms with Gasteiger partial charge in [0.25, 0.3) is 5.91 Å². The Hall–Kier alpha value is -5.40. The fourth-order valence-corrected chi connectivity index (χ4v) is 8.18. The molecular formula is C43H43BrN4O7S. The number of likely N-dealkylation sites (tertiary alicyclic amines) is 1. The maximum absolute atomic E-state index is 14.4. The van der Waals surface area contributed by atoms with Crippen LogP contribution < -0.4 is 26.9 Å². The molecule has 2 atom stereocenters. The van der Waals surface area contributed by atoms with Crippen LogP contribution in [0.5, 0.6) is 5.75 Å². The second-order valence-electron chi connectivity index (χ2n) is 14.7. The number of benzene rings is 3. The van der Waals surface area contributed by atoms with Gasteiger partial charge in [0.15, 0.2) is 25.0 Å². The highest BCUT2D eigenvalue weighted by Crippen LogP contribution is 2.43. The van der Waals surface area contributed by atoms with Crippen LogP contribution >= 0.6 is 11.8 Å². The Kier molecular flexibility index (Phi) is 12.3. The lowest BCUT2D eigenvalue weighted by atomic mass is 10.00. The fourth-order valence-electron chi connectivity index (χ4n) is 6.87. The highest BCUT2D eigenvalue weighted by molar-refractivity contribution is 8.00. The van der Waals surface area contributed by atoms with Crippen molar-refractivity contribution >= 4 is 35.6 Å². The zero-order chi connectivity index (χ0) is 38.7. The molecule has 0 aliphatic carbocycles. The number of rotatable bonds is 10. The number of aromatic nitrogens is 1. The summed E-state index contributed by atoms with van der Waals surface area (Å²) in [4.78, 5) is 57.8. The monoisotopic (exact) mass is 838 g/mol. The smallest absolute Gasteiger partial charge is 0.408 e. The molecule has 0 bridgehead atoms. The number of pyridine rings is 1. The lowest BCUT2D eigenvalue weighted by molar-refractivity contribution is -0.688. The minimum absolute atomic E-state index is 0. The van der Waals surface area contributed by atoms with Gasteiger partial charge in [0, 0.05) is 42.1 Å². The number of thioether (sulfide) groups is 1. The third-order valence-electron chi connectivity index (χ3n) is 9.46. The van der Waals surface area contributed by atoms with Crippen LogP contribution in [0.1, 0.15) is 55.5 Å². The molecule has 2 N–H and O–H groups in total. The molecule has 3 aliphatic heterocycles. The maximum atomic E-state index is 14.4. The van der Waals surface area contributed by atoms with Crippen molar-refractivity contribution in [3.63, 3.8) is 0 Å². The summed E-state index contributed by atoms with van der Waals surface area (Å²) in [6, 6.07) is 28.9. The number of esters is 1. The van der Waals surface area contributed by atoms with E-state index in [0.29, 0.717) is 43.0 Å². The Bertz CT molecular complexity index is 2120. The number of hydrogen-bond acceptors (Lipinski definition) is 8. The fraction of sp³-hybridized carbons (Fsp3) is 0.279. The normalized spacial score (nSPS) is 18.7. The van der Waals surface area contributed by atoms with Crippen LogP contribution in [-0.2, 0) is 36.9 Å². The summed E-state index contributed by atoms with van der Waals surface area (Å²) in [5.74, 6) is -0.788. The molecule has 1 aromatic heterocycles. The number of aromatic hydroxyl groups is 1. The summed E-state index contributed by atoms with van der Waals surface area (Å²) in [6.07, 6.45) is 4.62. The molecule has 4 aromatic rings. The van der Waals surface area contributed by atoms with E-state index in [0.717, 1.165) is 22.3 Å². The summed E-state index contributed by atoms with van der Waals surface area (Å²) < 4.78 is 13.7. The molecule has 3 aromatic carbocycles. The number of fused-ring (bicyclic) bond motifs is 1. The second kappa shape index (κ2) is 17.2. The largest absolute Gasteiger partial charge is 1.00 e. The van der Waals surface area contributed by atoms with Crippen molar-refractivity contribution in [2.45, 2.75) is 63.4 Å². The zero-order valence-corrected chi connectivity index (χ0v) is 33.7. The van der Waals surface area contributed by atoms with E-state index in [1.54, 1.807) is 43.9 Å². The molecule has 0 radical (unpaired) electrons. The van der Waals surface area contributed by atoms with E-state index in [1.807, 2.05) is 102 Å². The van der Waals surface area contributed by atoms with Crippen LogP contribution in [0.4, 0.5) is 4.79 Å². The SMILES string of the molecule is CC(C)(C)OC(=O)NC1C(=O)N2C(C(=O)OC(c3ccccc3)c3ccccc3)=C(C=C3CCN(Cc4cc[n+](Cc5cccc(O)c5)cc4)C3=O)CSC12.[Br-].